The largest absolute Gasteiger partial charge is 0.418 e. The minimum absolute atomic E-state index is 0.0805. The minimum Gasteiger partial charge on any atom is -0.325 e. The van der Waals surface area contributed by atoms with Crippen LogP contribution >= 0.6 is 0 Å². The first-order valence-corrected chi connectivity index (χ1v) is 9.26. The fourth-order valence-electron chi connectivity index (χ4n) is 3.56. The van der Waals surface area contributed by atoms with Crippen molar-refractivity contribution < 1.29 is 18.0 Å². The second-order valence-corrected chi connectivity index (χ2v) is 7.49. The van der Waals surface area contributed by atoms with E-state index in [0.29, 0.717) is 5.92 Å². The molecule has 0 radical (unpaired) electrons. The van der Waals surface area contributed by atoms with Gasteiger partial charge in [0.1, 0.15) is 0 Å². The molecule has 4 nitrogen and oxygen atoms in total. The molecule has 144 valence electrons. The van der Waals surface area contributed by atoms with Crippen LogP contribution < -0.4 is 10.6 Å². The molecule has 1 amide bonds. The highest BCUT2D eigenvalue weighted by Crippen LogP contribution is 2.34. The molecule has 0 bridgehead atoms. The third-order valence-corrected chi connectivity index (χ3v) is 5.13. The second-order valence-electron chi connectivity index (χ2n) is 7.49. The number of halogens is 3. The lowest BCUT2D eigenvalue weighted by molar-refractivity contribution is -0.137. The number of amides is 1. The van der Waals surface area contributed by atoms with Crippen LogP contribution in [-0.2, 0) is 11.0 Å². The Bertz CT molecular complexity index is 631. The summed E-state index contributed by atoms with van der Waals surface area (Å²) in [4.78, 5) is 14.7. The molecule has 1 aromatic carbocycles. The van der Waals surface area contributed by atoms with Gasteiger partial charge in [-0.3, -0.25) is 4.79 Å². The first-order valence-electron chi connectivity index (χ1n) is 9.26. The molecule has 1 heterocycles. The number of anilines is 1. The van der Waals surface area contributed by atoms with Gasteiger partial charge < -0.3 is 15.5 Å². The lowest BCUT2D eigenvalue weighted by Gasteiger charge is -2.19. The van der Waals surface area contributed by atoms with Crippen molar-refractivity contribution in [2.45, 2.75) is 50.9 Å². The molecule has 1 aromatic rings. The molecule has 2 fully saturated rings. The van der Waals surface area contributed by atoms with Gasteiger partial charge in [-0.1, -0.05) is 12.1 Å². The van der Waals surface area contributed by atoms with Gasteiger partial charge in [-0.25, -0.2) is 0 Å². The number of nitrogens with zero attached hydrogens (tertiary/aromatic N) is 1. The van der Waals surface area contributed by atoms with Crippen molar-refractivity contribution in [1.29, 1.82) is 0 Å². The Morgan fingerprint density at radius 1 is 1.27 bits per heavy atom. The molecule has 26 heavy (non-hydrogen) atoms. The van der Waals surface area contributed by atoms with Gasteiger partial charge in [-0.15, -0.1) is 0 Å². The van der Waals surface area contributed by atoms with Crippen molar-refractivity contribution in [3.8, 4) is 0 Å². The molecule has 0 aromatic heterocycles. The van der Waals surface area contributed by atoms with Crippen LogP contribution in [0, 0.1) is 5.92 Å². The topological polar surface area (TPSA) is 44.4 Å². The highest BCUT2D eigenvalue weighted by atomic mass is 19.4. The lowest BCUT2D eigenvalue weighted by Crippen LogP contribution is -2.35. The summed E-state index contributed by atoms with van der Waals surface area (Å²) in [6.45, 7) is 5.00. The minimum atomic E-state index is -4.48. The van der Waals surface area contributed by atoms with Gasteiger partial charge in [0.25, 0.3) is 0 Å². The monoisotopic (exact) mass is 369 g/mol. The van der Waals surface area contributed by atoms with E-state index in [1.54, 1.807) is 0 Å². The van der Waals surface area contributed by atoms with E-state index < -0.39 is 17.6 Å². The van der Waals surface area contributed by atoms with Crippen molar-refractivity contribution in [3.63, 3.8) is 0 Å². The molecule has 1 aliphatic heterocycles. The zero-order valence-corrected chi connectivity index (χ0v) is 15.0. The molecule has 2 N–H and O–H groups in total. The van der Waals surface area contributed by atoms with Crippen LogP contribution in [0.4, 0.5) is 18.9 Å². The molecular formula is C19H26F3N3O. The van der Waals surface area contributed by atoms with E-state index in [-0.39, 0.29) is 18.2 Å². The highest BCUT2D eigenvalue weighted by molar-refractivity contribution is 5.92. The molecule has 1 saturated heterocycles. The maximum atomic E-state index is 13.0. The molecule has 2 aliphatic rings. The number of carbonyl (C=O) groups is 1. The SMILES string of the molecule is CC(CC(=O)Nc1ccccc1C(F)(F)F)NCC1CCN(C2CC2)C1. The zero-order chi connectivity index (χ0) is 18.7. The average molecular weight is 369 g/mol. The number of hydrogen-bond donors (Lipinski definition) is 2. The standard InChI is InChI=1S/C19H26F3N3O/c1-13(23-11-14-8-9-25(12-14)15-6-7-15)10-18(26)24-17-5-3-2-4-16(17)19(20,21)22/h2-5,13-15,23H,6-12H2,1H3,(H,24,26). The number of alkyl halides is 3. The van der Waals surface area contributed by atoms with Gasteiger partial charge in [0.05, 0.1) is 11.3 Å². The normalized spacial score (nSPS) is 22.4. The molecule has 1 aliphatic carbocycles. The zero-order valence-electron chi connectivity index (χ0n) is 15.0. The van der Waals surface area contributed by atoms with Crippen molar-refractivity contribution >= 4 is 11.6 Å². The molecule has 7 heteroatoms. The third-order valence-electron chi connectivity index (χ3n) is 5.13. The van der Waals surface area contributed by atoms with Gasteiger partial charge >= 0.3 is 6.18 Å². The summed E-state index contributed by atoms with van der Waals surface area (Å²) >= 11 is 0. The van der Waals surface area contributed by atoms with E-state index in [1.807, 2.05) is 6.92 Å². The number of para-hydroxylation sites is 1. The number of likely N-dealkylation sites (tertiary alicyclic amines) is 1. The maximum absolute atomic E-state index is 13.0. The number of carbonyl (C=O) groups excluding carboxylic acids is 1. The average Bonchev–Trinajstić information content (AvgIpc) is 3.31. The predicted molar refractivity (Wildman–Crippen MR) is 94.9 cm³/mol. The Hall–Kier alpha value is -1.60. The number of benzene rings is 1. The molecule has 2 unspecified atom stereocenters. The Morgan fingerprint density at radius 2 is 2.00 bits per heavy atom. The Kier molecular flexibility index (Phi) is 5.87. The van der Waals surface area contributed by atoms with Crippen molar-refractivity contribution in [2.24, 2.45) is 5.92 Å². The first-order chi connectivity index (χ1) is 12.3. The fourth-order valence-corrected chi connectivity index (χ4v) is 3.56. The smallest absolute Gasteiger partial charge is 0.325 e. The van der Waals surface area contributed by atoms with E-state index >= 15 is 0 Å². The summed E-state index contributed by atoms with van der Waals surface area (Å²) < 4.78 is 38.9. The summed E-state index contributed by atoms with van der Waals surface area (Å²) in [6.07, 6.45) is -0.539. The molecule has 2 atom stereocenters. The Morgan fingerprint density at radius 3 is 2.69 bits per heavy atom. The van der Waals surface area contributed by atoms with Gasteiger partial charge in [-0.05, 0) is 57.3 Å². The van der Waals surface area contributed by atoms with Crippen LogP contribution in [0.25, 0.3) is 0 Å². The molecule has 0 spiro atoms. The van der Waals surface area contributed by atoms with Crippen LogP contribution in [-0.4, -0.2) is 42.5 Å². The van der Waals surface area contributed by atoms with Gasteiger partial charge in [0, 0.05) is 25.0 Å². The van der Waals surface area contributed by atoms with E-state index in [4.69, 9.17) is 0 Å². The van der Waals surface area contributed by atoms with E-state index in [1.165, 1.54) is 37.5 Å². The van der Waals surface area contributed by atoms with Gasteiger partial charge in [0.2, 0.25) is 5.91 Å². The lowest BCUT2D eigenvalue weighted by atomic mass is 10.1. The summed E-state index contributed by atoms with van der Waals surface area (Å²) in [6, 6.07) is 5.76. The molecule has 1 saturated carbocycles. The van der Waals surface area contributed by atoms with Gasteiger partial charge in [0.15, 0.2) is 0 Å². The van der Waals surface area contributed by atoms with Crippen molar-refractivity contribution in [2.75, 3.05) is 25.0 Å². The van der Waals surface area contributed by atoms with Gasteiger partial charge in [-0.2, -0.15) is 13.2 Å². The quantitative estimate of drug-likeness (QED) is 0.773. The Labute approximate surface area is 152 Å². The van der Waals surface area contributed by atoms with Crippen LogP contribution in [0.15, 0.2) is 24.3 Å². The highest BCUT2D eigenvalue weighted by Gasteiger charge is 2.35. The summed E-state index contributed by atoms with van der Waals surface area (Å²) in [5.41, 5.74) is -1.01. The summed E-state index contributed by atoms with van der Waals surface area (Å²) in [5.74, 6) is 0.180. The number of nitrogens with one attached hydrogen (secondary N) is 2. The summed E-state index contributed by atoms with van der Waals surface area (Å²) in [7, 11) is 0. The van der Waals surface area contributed by atoms with E-state index in [9.17, 15) is 18.0 Å². The second kappa shape index (κ2) is 7.96. The fraction of sp³-hybridized carbons (Fsp3) is 0.632. The van der Waals surface area contributed by atoms with E-state index in [2.05, 4.69) is 15.5 Å². The van der Waals surface area contributed by atoms with Crippen molar-refractivity contribution in [3.05, 3.63) is 29.8 Å². The molecule has 3 rings (SSSR count). The van der Waals surface area contributed by atoms with Crippen LogP contribution in [0.5, 0.6) is 0 Å². The van der Waals surface area contributed by atoms with E-state index in [0.717, 1.165) is 31.7 Å². The van der Waals surface area contributed by atoms with Crippen LogP contribution in [0.3, 0.4) is 0 Å². The first kappa shape index (κ1) is 19.2. The molecular weight excluding hydrogens is 343 g/mol. The Balaban J connectivity index is 1.43. The summed E-state index contributed by atoms with van der Waals surface area (Å²) in [5, 5.41) is 5.76. The number of hydrogen-bond acceptors (Lipinski definition) is 3. The predicted octanol–water partition coefficient (Wildman–Crippen LogP) is 3.50. The van der Waals surface area contributed by atoms with Crippen molar-refractivity contribution in [1.82, 2.24) is 10.2 Å². The number of rotatable bonds is 7. The third kappa shape index (κ3) is 5.20. The van der Waals surface area contributed by atoms with Crippen LogP contribution in [0.2, 0.25) is 0 Å². The maximum Gasteiger partial charge on any atom is 0.418 e. The van der Waals surface area contributed by atoms with Crippen LogP contribution in [0.1, 0.15) is 38.2 Å².